The van der Waals surface area contributed by atoms with Crippen LogP contribution in [0.25, 0.3) is 11.4 Å². The SMILES string of the molecule is CCOc1ccc(C2/C(=C(\O)c3c(C)nc4ccccn34)C(=O)C(=O)N2c2nnc(SCc3ccc(C)cc3)s2)cc1OC. The molecule has 5 aromatic rings. The highest BCUT2D eigenvalue weighted by Crippen LogP contribution is 2.46. The van der Waals surface area contributed by atoms with Gasteiger partial charge in [0, 0.05) is 11.9 Å². The highest BCUT2D eigenvalue weighted by atomic mass is 32.2. The van der Waals surface area contributed by atoms with E-state index >= 15 is 0 Å². The van der Waals surface area contributed by atoms with E-state index in [1.54, 1.807) is 47.9 Å². The zero-order valence-corrected chi connectivity index (χ0v) is 26.1. The highest BCUT2D eigenvalue weighted by Gasteiger charge is 2.49. The maximum absolute atomic E-state index is 13.8. The van der Waals surface area contributed by atoms with Crippen LogP contribution in [0.4, 0.5) is 5.13 Å². The Kier molecular flexibility index (Phi) is 8.11. The summed E-state index contributed by atoms with van der Waals surface area (Å²) in [4.78, 5) is 33.4. The minimum atomic E-state index is -1.02. The third-order valence-electron chi connectivity index (χ3n) is 7.26. The number of hydrogen-bond acceptors (Lipinski definition) is 10. The zero-order valence-electron chi connectivity index (χ0n) is 24.5. The topological polar surface area (TPSA) is 119 Å². The molecule has 1 aliphatic rings. The molecule has 12 heteroatoms. The van der Waals surface area contributed by atoms with Gasteiger partial charge in [-0.1, -0.05) is 65.1 Å². The predicted molar refractivity (Wildman–Crippen MR) is 170 cm³/mol. The van der Waals surface area contributed by atoms with Gasteiger partial charge in [-0.2, -0.15) is 0 Å². The van der Waals surface area contributed by atoms with Crippen LogP contribution in [0.1, 0.15) is 41.0 Å². The van der Waals surface area contributed by atoms with Crippen LogP contribution < -0.4 is 14.4 Å². The molecule has 10 nitrogen and oxygen atoms in total. The molecule has 1 atom stereocenters. The zero-order chi connectivity index (χ0) is 31.0. The number of aryl methyl sites for hydroxylation is 2. The van der Waals surface area contributed by atoms with Crippen molar-refractivity contribution in [3.8, 4) is 11.5 Å². The van der Waals surface area contributed by atoms with Crippen molar-refractivity contribution in [2.75, 3.05) is 18.6 Å². The number of Topliss-reactive ketones (excluding diaryl/α,β-unsaturated/α-hetero) is 1. The summed E-state index contributed by atoms with van der Waals surface area (Å²) in [6.07, 6.45) is 1.75. The number of benzene rings is 2. The molecule has 4 heterocycles. The second-order valence-electron chi connectivity index (χ2n) is 10.1. The van der Waals surface area contributed by atoms with Gasteiger partial charge in [-0.25, -0.2) is 4.98 Å². The molecular formula is C32H29N5O5S2. The number of carbonyl (C=O) groups is 2. The highest BCUT2D eigenvalue weighted by molar-refractivity contribution is 8.00. The Bertz CT molecular complexity index is 1910. The van der Waals surface area contributed by atoms with Crippen molar-refractivity contribution in [2.24, 2.45) is 0 Å². The molecule has 0 aliphatic carbocycles. The third kappa shape index (κ3) is 5.31. The number of amides is 1. The molecule has 0 saturated carbocycles. The van der Waals surface area contributed by atoms with Crippen molar-refractivity contribution in [1.82, 2.24) is 19.6 Å². The standard InChI is InChI=1S/C32H29N5O5S2/c1-5-42-22-14-13-21(16-23(22)41-4)27-25(28(38)26-19(3)33-24-8-6-7-15-36(24)26)29(39)30(40)37(27)31-34-35-32(44-31)43-17-20-11-9-18(2)10-12-20/h6-16,27,38H,5,17H2,1-4H3/b28-25+. The summed E-state index contributed by atoms with van der Waals surface area (Å²) in [5.74, 6) is -0.386. The first-order chi connectivity index (χ1) is 21.3. The lowest BCUT2D eigenvalue weighted by atomic mass is 9.96. The number of ketones is 1. The summed E-state index contributed by atoms with van der Waals surface area (Å²) in [6, 6.07) is 17.8. The van der Waals surface area contributed by atoms with Gasteiger partial charge in [0.15, 0.2) is 21.6 Å². The molecule has 1 aliphatic heterocycles. The van der Waals surface area contributed by atoms with E-state index in [4.69, 9.17) is 9.47 Å². The van der Waals surface area contributed by atoms with E-state index in [1.807, 2.05) is 19.9 Å². The first-order valence-corrected chi connectivity index (χ1v) is 15.7. The number of rotatable bonds is 9. The van der Waals surface area contributed by atoms with Crippen molar-refractivity contribution in [3.05, 3.63) is 101 Å². The average Bonchev–Trinajstić information content (AvgIpc) is 3.70. The number of fused-ring (bicyclic) bond motifs is 1. The van der Waals surface area contributed by atoms with Gasteiger partial charge >= 0.3 is 5.91 Å². The van der Waals surface area contributed by atoms with E-state index in [1.165, 1.54) is 40.7 Å². The lowest BCUT2D eigenvalue weighted by Gasteiger charge is -2.23. The number of aliphatic hydroxyl groups excluding tert-OH is 1. The van der Waals surface area contributed by atoms with Crippen molar-refractivity contribution >= 4 is 51.3 Å². The quantitative estimate of drug-likeness (QED) is 0.0677. The van der Waals surface area contributed by atoms with Crippen LogP contribution >= 0.6 is 23.1 Å². The Hall–Kier alpha value is -4.68. The molecule has 0 spiro atoms. The molecule has 1 saturated heterocycles. The molecule has 2 aromatic carbocycles. The van der Waals surface area contributed by atoms with Crippen LogP contribution in [0.15, 0.2) is 76.8 Å². The molecule has 1 amide bonds. The van der Waals surface area contributed by atoms with Gasteiger partial charge in [-0.3, -0.25) is 18.9 Å². The van der Waals surface area contributed by atoms with E-state index in [0.717, 1.165) is 5.56 Å². The molecule has 1 N–H and O–H groups in total. The van der Waals surface area contributed by atoms with Crippen LogP contribution in [0, 0.1) is 13.8 Å². The van der Waals surface area contributed by atoms with E-state index < -0.39 is 17.7 Å². The molecule has 1 fully saturated rings. The maximum Gasteiger partial charge on any atom is 0.301 e. The fourth-order valence-corrected chi connectivity index (χ4v) is 7.01. The number of aliphatic hydroxyl groups is 1. The van der Waals surface area contributed by atoms with Gasteiger partial charge < -0.3 is 14.6 Å². The summed E-state index contributed by atoms with van der Waals surface area (Å²) in [5.41, 5.74) is 4.18. The van der Waals surface area contributed by atoms with E-state index in [9.17, 15) is 14.7 Å². The number of aromatic nitrogens is 4. The average molecular weight is 628 g/mol. The van der Waals surface area contributed by atoms with Crippen molar-refractivity contribution in [1.29, 1.82) is 0 Å². The van der Waals surface area contributed by atoms with Gasteiger partial charge in [-0.05, 0) is 56.2 Å². The Labute approximate surface area is 262 Å². The maximum atomic E-state index is 13.8. The Morgan fingerprint density at radius 2 is 1.84 bits per heavy atom. The first kappa shape index (κ1) is 29.4. The molecule has 3 aromatic heterocycles. The smallest absolute Gasteiger partial charge is 0.301 e. The number of ether oxygens (including phenoxy) is 2. The largest absolute Gasteiger partial charge is 0.505 e. The van der Waals surface area contributed by atoms with Crippen LogP contribution in [-0.2, 0) is 15.3 Å². The fourth-order valence-electron chi connectivity index (χ4n) is 5.19. The normalized spacial score (nSPS) is 16.2. The number of pyridine rings is 1. The number of thioether (sulfide) groups is 1. The lowest BCUT2D eigenvalue weighted by Crippen LogP contribution is -2.29. The molecule has 44 heavy (non-hydrogen) atoms. The summed E-state index contributed by atoms with van der Waals surface area (Å²) >= 11 is 2.70. The summed E-state index contributed by atoms with van der Waals surface area (Å²) in [7, 11) is 1.52. The van der Waals surface area contributed by atoms with E-state index in [2.05, 4.69) is 39.4 Å². The van der Waals surface area contributed by atoms with Crippen LogP contribution in [0.5, 0.6) is 11.5 Å². The monoisotopic (exact) mass is 627 g/mol. The lowest BCUT2D eigenvalue weighted by molar-refractivity contribution is -0.132. The predicted octanol–water partition coefficient (Wildman–Crippen LogP) is 6.13. The minimum absolute atomic E-state index is 0.0842. The van der Waals surface area contributed by atoms with Gasteiger partial charge in [0.1, 0.15) is 11.3 Å². The second kappa shape index (κ2) is 12.1. The Morgan fingerprint density at radius 3 is 2.59 bits per heavy atom. The second-order valence-corrected chi connectivity index (χ2v) is 12.3. The van der Waals surface area contributed by atoms with Crippen molar-refractivity contribution in [3.63, 3.8) is 0 Å². The van der Waals surface area contributed by atoms with Crippen LogP contribution in [0.3, 0.4) is 0 Å². The number of anilines is 1. The molecular weight excluding hydrogens is 599 g/mol. The minimum Gasteiger partial charge on any atom is -0.505 e. The van der Waals surface area contributed by atoms with Gasteiger partial charge in [0.05, 0.1) is 31.0 Å². The van der Waals surface area contributed by atoms with Crippen molar-refractivity contribution < 1.29 is 24.2 Å². The number of nitrogens with zero attached hydrogens (tertiary/aromatic N) is 5. The summed E-state index contributed by atoms with van der Waals surface area (Å²) in [6.45, 7) is 6.07. The molecule has 6 rings (SSSR count). The fraction of sp³-hybridized carbons (Fsp3) is 0.219. The number of methoxy groups -OCH3 is 1. The number of carbonyl (C=O) groups excluding carboxylic acids is 2. The molecule has 0 bridgehead atoms. The molecule has 1 unspecified atom stereocenters. The third-order valence-corrected chi connectivity index (χ3v) is 9.39. The number of hydrogen-bond donors (Lipinski definition) is 1. The first-order valence-electron chi connectivity index (χ1n) is 13.9. The van der Waals surface area contributed by atoms with Crippen LogP contribution in [0.2, 0.25) is 0 Å². The Balaban J connectivity index is 1.46. The number of imidazole rings is 1. The van der Waals surface area contributed by atoms with E-state index in [0.29, 0.717) is 50.8 Å². The van der Waals surface area contributed by atoms with Crippen LogP contribution in [-0.4, -0.2) is 50.1 Å². The summed E-state index contributed by atoms with van der Waals surface area (Å²) in [5, 5.41) is 20.7. The molecule has 224 valence electrons. The van der Waals surface area contributed by atoms with E-state index in [-0.39, 0.29) is 16.5 Å². The van der Waals surface area contributed by atoms with Gasteiger partial charge in [0.25, 0.3) is 5.78 Å². The molecule has 0 radical (unpaired) electrons. The summed E-state index contributed by atoms with van der Waals surface area (Å²) < 4.78 is 13.6. The van der Waals surface area contributed by atoms with Gasteiger partial charge in [0.2, 0.25) is 5.13 Å². The van der Waals surface area contributed by atoms with Gasteiger partial charge in [-0.15, -0.1) is 10.2 Å². The Morgan fingerprint density at radius 1 is 1.05 bits per heavy atom. The van der Waals surface area contributed by atoms with Crippen molar-refractivity contribution in [2.45, 2.75) is 36.9 Å².